The van der Waals surface area contributed by atoms with Gasteiger partial charge < -0.3 is 20.0 Å². The lowest BCUT2D eigenvalue weighted by molar-refractivity contribution is 0.0746. The average molecular weight is 305 g/mol. The summed E-state index contributed by atoms with van der Waals surface area (Å²) in [6.07, 6.45) is 1.77. The number of aromatic nitrogens is 1. The van der Waals surface area contributed by atoms with Crippen molar-refractivity contribution >= 4 is 22.4 Å². The highest BCUT2D eigenvalue weighted by Gasteiger charge is 2.23. The van der Waals surface area contributed by atoms with Crippen molar-refractivity contribution in [1.29, 1.82) is 0 Å². The van der Waals surface area contributed by atoms with Crippen molar-refractivity contribution in [3.8, 4) is 11.5 Å². The predicted octanol–water partition coefficient (Wildman–Crippen LogP) is 1.52. The number of benzene rings is 1. The minimum absolute atomic E-state index is 0.111. The van der Waals surface area contributed by atoms with Crippen molar-refractivity contribution in [3.63, 3.8) is 0 Å². The maximum absolute atomic E-state index is 12.4. The van der Waals surface area contributed by atoms with Crippen LogP contribution < -0.4 is 4.90 Å². The molecule has 21 heavy (non-hydrogen) atoms. The van der Waals surface area contributed by atoms with Gasteiger partial charge in [-0.3, -0.25) is 4.79 Å². The lowest BCUT2D eigenvalue weighted by atomic mass is 10.1. The number of phenols is 2. The fraction of sp³-hybridized carbons (Fsp3) is 0.286. The molecule has 1 fully saturated rings. The molecular formula is C14H15N3O3S. The highest BCUT2D eigenvalue weighted by atomic mass is 32.1. The molecule has 1 aromatic heterocycles. The monoisotopic (exact) mass is 305 g/mol. The summed E-state index contributed by atoms with van der Waals surface area (Å²) >= 11 is 1.58. The summed E-state index contributed by atoms with van der Waals surface area (Å²) < 4.78 is 0. The summed E-state index contributed by atoms with van der Waals surface area (Å²) in [5.41, 5.74) is 0.301. The molecule has 0 bridgehead atoms. The van der Waals surface area contributed by atoms with Gasteiger partial charge in [0, 0.05) is 49.4 Å². The molecule has 1 amide bonds. The number of carbonyl (C=O) groups excluding carboxylic acids is 1. The van der Waals surface area contributed by atoms with Crippen LogP contribution in [-0.2, 0) is 0 Å². The zero-order valence-corrected chi connectivity index (χ0v) is 12.1. The molecule has 0 unspecified atom stereocenters. The first-order valence-electron chi connectivity index (χ1n) is 6.60. The first-order valence-corrected chi connectivity index (χ1v) is 7.48. The zero-order chi connectivity index (χ0) is 14.8. The summed E-state index contributed by atoms with van der Waals surface area (Å²) in [5.74, 6) is -0.403. The van der Waals surface area contributed by atoms with Crippen LogP contribution in [-0.4, -0.2) is 52.2 Å². The summed E-state index contributed by atoms with van der Waals surface area (Å²) in [6.45, 7) is 2.64. The van der Waals surface area contributed by atoms with Crippen LogP contribution in [0.2, 0.25) is 0 Å². The number of nitrogens with zero attached hydrogens (tertiary/aromatic N) is 3. The average Bonchev–Trinajstić information content (AvgIpc) is 3.00. The van der Waals surface area contributed by atoms with E-state index < -0.39 is 0 Å². The Morgan fingerprint density at radius 1 is 1.10 bits per heavy atom. The third kappa shape index (κ3) is 2.92. The van der Waals surface area contributed by atoms with E-state index >= 15 is 0 Å². The third-order valence-corrected chi connectivity index (χ3v) is 4.24. The van der Waals surface area contributed by atoms with Crippen LogP contribution in [0.3, 0.4) is 0 Å². The van der Waals surface area contributed by atoms with Gasteiger partial charge in [0.05, 0.1) is 0 Å². The Morgan fingerprint density at radius 2 is 1.76 bits per heavy atom. The third-order valence-electron chi connectivity index (χ3n) is 3.41. The maximum Gasteiger partial charge on any atom is 0.254 e. The van der Waals surface area contributed by atoms with Gasteiger partial charge >= 0.3 is 0 Å². The van der Waals surface area contributed by atoms with Gasteiger partial charge in [-0.15, -0.1) is 11.3 Å². The molecule has 7 heteroatoms. The Balaban J connectivity index is 1.67. The molecule has 6 nitrogen and oxygen atoms in total. The van der Waals surface area contributed by atoms with Crippen LogP contribution >= 0.6 is 11.3 Å². The smallest absolute Gasteiger partial charge is 0.254 e. The predicted molar refractivity (Wildman–Crippen MR) is 80.0 cm³/mol. The number of rotatable bonds is 2. The van der Waals surface area contributed by atoms with E-state index in [9.17, 15) is 15.0 Å². The molecule has 0 aliphatic carbocycles. The number of carbonyl (C=O) groups is 1. The van der Waals surface area contributed by atoms with Crippen molar-refractivity contribution in [2.24, 2.45) is 0 Å². The summed E-state index contributed by atoms with van der Waals surface area (Å²) in [6, 6.07) is 3.95. The Labute approximate surface area is 125 Å². The van der Waals surface area contributed by atoms with Gasteiger partial charge in [0.25, 0.3) is 5.91 Å². The summed E-state index contributed by atoms with van der Waals surface area (Å²) in [4.78, 5) is 20.5. The van der Waals surface area contributed by atoms with Crippen LogP contribution in [0.5, 0.6) is 11.5 Å². The van der Waals surface area contributed by atoms with E-state index in [1.54, 1.807) is 22.4 Å². The number of aromatic hydroxyl groups is 2. The van der Waals surface area contributed by atoms with Crippen LogP contribution in [0.1, 0.15) is 10.4 Å². The maximum atomic E-state index is 12.4. The number of anilines is 1. The minimum atomic E-state index is -0.181. The van der Waals surface area contributed by atoms with Crippen LogP contribution in [0.25, 0.3) is 0 Å². The van der Waals surface area contributed by atoms with Crippen molar-refractivity contribution in [3.05, 3.63) is 35.3 Å². The van der Waals surface area contributed by atoms with Crippen LogP contribution in [0.15, 0.2) is 29.8 Å². The number of hydrogen-bond acceptors (Lipinski definition) is 6. The highest BCUT2D eigenvalue weighted by Crippen LogP contribution is 2.23. The molecule has 2 aromatic rings. The van der Waals surface area contributed by atoms with Gasteiger partial charge in [-0.2, -0.15) is 0 Å². The molecular weight excluding hydrogens is 290 g/mol. The van der Waals surface area contributed by atoms with Crippen molar-refractivity contribution in [1.82, 2.24) is 9.88 Å². The van der Waals surface area contributed by atoms with Gasteiger partial charge in [-0.05, 0) is 12.1 Å². The van der Waals surface area contributed by atoms with Crippen molar-refractivity contribution in [2.75, 3.05) is 31.1 Å². The number of piperazine rings is 1. The van der Waals surface area contributed by atoms with Gasteiger partial charge in [0.1, 0.15) is 11.5 Å². The molecule has 0 saturated carbocycles. The molecule has 1 aromatic carbocycles. The molecule has 0 radical (unpaired) electrons. The highest BCUT2D eigenvalue weighted by molar-refractivity contribution is 7.13. The Bertz CT molecular complexity index is 617. The number of hydrogen-bond donors (Lipinski definition) is 2. The minimum Gasteiger partial charge on any atom is -0.508 e. The van der Waals surface area contributed by atoms with Crippen LogP contribution in [0, 0.1) is 0 Å². The number of phenolic OH excluding ortho intramolecular Hbond substituents is 2. The lowest BCUT2D eigenvalue weighted by Gasteiger charge is -2.34. The topological polar surface area (TPSA) is 76.9 Å². The van der Waals surface area contributed by atoms with Gasteiger partial charge in [-0.25, -0.2) is 4.98 Å². The molecule has 110 valence electrons. The number of amides is 1. The molecule has 2 N–H and O–H groups in total. The Morgan fingerprint density at radius 3 is 2.33 bits per heavy atom. The van der Waals surface area contributed by atoms with E-state index in [1.165, 1.54) is 18.2 Å². The largest absolute Gasteiger partial charge is 0.508 e. The fourth-order valence-electron chi connectivity index (χ4n) is 2.37. The standard InChI is InChI=1S/C14H15N3O3S/c18-11-7-10(8-12(19)9-11)13(20)16-2-4-17(5-3-16)14-15-1-6-21-14/h1,6-9,18-19H,2-5H2. The van der Waals surface area contributed by atoms with E-state index in [2.05, 4.69) is 9.88 Å². The first-order chi connectivity index (χ1) is 10.1. The zero-order valence-electron chi connectivity index (χ0n) is 11.3. The van der Waals surface area contributed by atoms with E-state index in [4.69, 9.17) is 0 Å². The Hall–Kier alpha value is -2.28. The van der Waals surface area contributed by atoms with Gasteiger partial charge in [0.15, 0.2) is 5.13 Å². The van der Waals surface area contributed by atoms with Crippen LogP contribution in [0.4, 0.5) is 5.13 Å². The quantitative estimate of drug-likeness (QED) is 0.879. The second kappa shape index (κ2) is 5.61. The van der Waals surface area contributed by atoms with E-state index in [1.807, 2.05) is 5.38 Å². The van der Waals surface area contributed by atoms with E-state index in [0.29, 0.717) is 18.7 Å². The molecule has 0 atom stereocenters. The molecule has 0 spiro atoms. The molecule has 1 aliphatic heterocycles. The molecule has 1 aliphatic rings. The SMILES string of the molecule is O=C(c1cc(O)cc(O)c1)N1CCN(c2nccs2)CC1. The van der Waals surface area contributed by atoms with Gasteiger partial charge in [0.2, 0.25) is 0 Å². The summed E-state index contributed by atoms with van der Waals surface area (Å²) in [5, 5.41) is 21.8. The second-order valence-electron chi connectivity index (χ2n) is 4.83. The second-order valence-corrected chi connectivity index (χ2v) is 5.71. The Kier molecular flexibility index (Phi) is 3.66. The summed E-state index contributed by atoms with van der Waals surface area (Å²) in [7, 11) is 0. The molecule has 1 saturated heterocycles. The van der Waals surface area contributed by atoms with E-state index in [0.717, 1.165) is 18.2 Å². The molecule has 2 heterocycles. The number of thiazole rings is 1. The fourth-order valence-corrected chi connectivity index (χ4v) is 3.07. The van der Waals surface area contributed by atoms with Gasteiger partial charge in [-0.1, -0.05) is 0 Å². The van der Waals surface area contributed by atoms with Crippen molar-refractivity contribution < 1.29 is 15.0 Å². The molecule has 3 rings (SSSR count). The van der Waals surface area contributed by atoms with E-state index in [-0.39, 0.29) is 17.4 Å². The first kappa shape index (κ1) is 13.7. The van der Waals surface area contributed by atoms with Crippen molar-refractivity contribution in [2.45, 2.75) is 0 Å². The lowest BCUT2D eigenvalue weighted by Crippen LogP contribution is -2.48. The normalized spacial score (nSPS) is 15.2.